The van der Waals surface area contributed by atoms with Gasteiger partial charge in [-0.2, -0.15) is 26.3 Å². The van der Waals surface area contributed by atoms with Crippen LogP contribution < -0.4 is 10.6 Å². The first kappa shape index (κ1) is 17.6. The highest BCUT2D eigenvalue weighted by atomic mass is 79.9. The van der Waals surface area contributed by atoms with E-state index in [4.69, 9.17) is 0 Å². The molecule has 3 nitrogen and oxygen atoms in total. The summed E-state index contributed by atoms with van der Waals surface area (Å²) in [5.41, 5.74) is -0.990. The molecule has 1 rings (SSSR count). The van der Waals surface area contributed by atoms with Crippen LogP contribution in [0.25, 0.3) is 0 Å². The van der Waals surface area contributed by atoms with Crippen molar-refractivity contribution in [1.82, 2.24) is 5.32 Å². The molecule has 0 fully saturated rings. The van der Waals surface area contributed by atoms with Gasteiger partial charge in [-0.3, -0.25) is 4.79 Å². The topological polar surface area (TPSA) is 41.1 Å². The van der Waals surface area contributed by atoms with E-state index in [9.17, 15) is 31.1 Å². The van der Waals surface area contributed by atoms with Crippen LogP contribution in [0.1, 0.15) is 5.56 Å². The van der Waals surface area contributed by atoms with Crippen LogP contribution in [0.5, 0.6) is 0 Å². The molecule has 21 heavy (non-hydrogen) atoms. The van der Waals surface area contributed by atoms with E-state index in [-0.39, 0.29) is 10.2 Å². The molecule has 2 N–H and O–H groups in total. The summed E-state index contributed by atoms with van der Waals surface area (Å²) in [4.78, 5) is 11.1. The highest BCUT2D eigenvalue weighted by Gasteiger charge is 2.31. The maximum atomic E-state index is 12.5. The van der Waals surface area contributed by atoms with E-state index in [1.54, 1.807) is 5.32 Å². The van der Waals surface area contributed by atoms with Crippen LogP contribution in [0.15, 0.2) is 22.7 Å². The second-order valence-corrected chi connectivity index (χ2v) is 4.79. The third-order valence-electron chi connectivity index (χ3n) is 2.22. The van der Waals surface area contributed by atoms with Crippen LogP contribution in [-0.2, 0) is 11.0 Å². The zero-order valence-electron chi connectivity index (χ0n) is 10.2. The molecular formula is C11H9BrF6N2O. The Balaban J connectivity index is 2.65. The summed E-state index contributed by atoms with van der Waals surface area (Å²) in [5.74, 6) is -0.989. The number of rotatable bonds is 4. The third-order valence-corrected chi connectivity index (χ3v) is 2.91. The van der Waals surface area contributed by atoms with Crippen molar-refractivity contribution in [3.63, 3.8) is 0 Å². The molecule has 0 atom stereocenters. The lowest BCUT2D eigenvalue weighted by molar-refractivity contribution is -0.137. The van der Waals surface area contributed by atoms with Gasteiger partial charge in [-0.05, 0) is 34.1 Å². The average Bonchev–Trinajstić information content (AvgIpc) is 2.33. The molecule has 118 valence electrons. The molecule has 0 unspecified atom stereocenters. The molecular weight excluding hydrogens is 370 g/mol. The molecule has 0 heterocycles. The molecule has 0 radical (unpaired) electrons. The van der Waals surface area contributed by atoms with Crippen LogP contribution in [0, 0.1) is 0 Å². The van der Waals surface area contributed by atoms with E-state index >= 15 is 0 Å². The number of benzene rings is 1. The fourth-order valence-corrected chi connectivity index (χ4v) is 1.66. The van der Waals surface area contributed by atoms with Crippen molar-refractivity contribution >= 4 is 27.5 Å². The smallest absolute Gasteiger partial charge is 0.375 e. The SMILES string of the molecule is O=C(CNc1cc(C(F)(F)F)ccc1Br)NCC(F)(F)F. The molecule has 0 aliphatic carbocycles. The molecule has 0 saturated carbocycles. The van der Waals surface area contributed by atoms with Crippen LogP contribution in [-0.4, -0.2) is 25.2 Å². The van der Waals surface area contributed by atoms with Crippen LogP contribution in [0.4, 0.5) is 32.0 Å². The maximum Gasteiger partial charge on any atom is 0.416 e. The Morgan fingerprint density at radius 1 is 1.14 bits per heavy atom. The molecule has 0 aromatic heterocycles. The van der Waals surface area contributed by atoms with Gasteiger partial charge in [0, 0.05) is 10.2 Å². The predicted octanol–water partition coefficient (Wildman–Crippen LogP) is 3.56. The minimum absolute atomic E-state index is 0.0491. The summed E-state index contributed by atoms with van der Waals surface area (Å²) in [6.45, 7) is -2.09. The molecule has 0 spiro atoms. The Bertz CT molecular complexity index is 514. The Morgan fingerprint density at radius 2 is 1.76 bits per heavy atom. The molecule has 1 aromatic rings. The molecule has 0 bridgehead atoms. The lowest BCUT2D eigenvalue weighted by atomic mass is 10.2. The van der Waals surface area contributed by atoms with Gasteiger partial charge in [-0.1, -0.05) is 0 Å². The summed E-state index contributed by atoms with van der Waals surface area (Å²) in [7, 11) is 0. The zero-order valence-corrected chi connectivity index (χ0v) is 11.8. The molecule has 1 aromatic carbocycles. The van der Waals surface area contributed by atoms with Crippen LogP contribution in [0.3, 0.4) is 0 Å². The monoisotopic (exact) mass is 378 g/mol. The van der Waals surface area contributed by atoms with Crippen molar-refractivity contribution in [3.05, 3.63) is 28.2 Å². The largest absolute Gasteiger partial charge is 0.416 e. The van der Waals surface area contributed by atoms with Gasteiger partial charge in [0.15, 0.2) is 0 Å². The van der Waals surface area contributed by atoms with Crippen LogP contribution in [0.2, 0.25) is 0 Å². The number of nitrogens with one attached hydrogen (secondary N) is 2. The quantitative estimate of drug-likeness (QED) is 0.786. The molecule has 0 aliphatic rings. The number of amides is 1. The molecule has 10 heteroatoms. The normalized spacial score (nSPS) is 12.1. The first-order valence-corrected chi connectivity index (χ1v) is 6.22. The van der Waals surface area contributed by atoms with Crippen molar-refractivity contribution in [1.29, 1.82) is 0 Å². The number of hydrogen-bond acceptors (Lipinski definition) is 2. The lowest BCUT2D eigenvalue weighted by Gasteiger charge is -2.13. The first-order valence-electron chi connectivity index (χ1n) is 5.43. The van der Waals surface area contributed by atoms with Gasteiger partial charge in [0.1, 0.15) is 6.54 Å². The van der Waals surface area contributed by atoms with E-state index in [0.717, 1.165) is 18.2 Å². The Morgan fingerprint density at radius 3 is 2.29 bits per heavy atom. The van der Waals surface area contributed by atoms with Crippen molar-refractivity contribution < 1.29 is 31.1 Å². The minimum atomic E-state index is -4.56. The molecule has 0 saturated heterocycles. The van der Waals surface area contributed by atoms with E-state index in [1.807, 2.05) is 0 Å². The summed E-state index contributed by atoms with van der Waals surface area (Å²) < 4.78 is 73.3. The van der Waals surface area contributed by atoms with Crippen molar-refractivity contribution in [2.24, 2.45) is 0 Å². The van der Waals surface area contributed by atoms with Gasteiger partial charge in [-0.25, -0.2) is 0 Å². The van der Waals surface area contributed by atoms with E-state index in [0.29, 0.717) is 0 Å². The number of carbonyl (C=O) groups excluding carboxylic acids is 1. The number of anilines is 1. The number of alkyl halides is 6. The van der Waals surface area contributed by atoms with Gasteiger partial charge in [0.05, 0.1) is 12.1 Å². The maximum absolute atomic E-state index is 12.5. The average molecular weight is 379 g/mol. The summed E-state index contributed by atoms with van der Waals surface area (Å²) in [5, 5.41) is 3.93. The van der Waals surface area contributed by atoms with Crippen molar-refractivity contribution in [2.75, 3.05) is 18.4 Å². The lowest BCUT2D eigenvalue weighted by Crippen LogP contribution is -2.37. The molecule has 1 amide bonds. The summed E-state index contributed by atoms with van der Waals surface area (Å²) >= 11 is 2.98. The van der Waals surface area contributed by atoms with Gasteiger partial charge in [0.25, 0.3) is 0 Å². The van der Waals surface area contributed by atoms with Gasteiger partial charge < -0.3 is 10.6 Å². The fourth-order valence-electron chi connectivity index (χ4n) is 1.27. The standard InChI is InChI=1S/C11H9BrF6N2O/c12-7-2-1-6(11(16,17)18)3-8(7)19-4-9(21)20-5-10(13,14)15/h1-3,19H,4-5H2,(H,20,21). The number of halogens is 7. The number of hydrogen-bond donors (Lipinski definition) is 2. The van der Waals surface area contributed by atoms with Gasteiger partial charge in [0.2, 0.25) is 5.91 Å². The summed E-state index contributed by atoms with van der Waals surface area (Å²) in [6, 6.07) is 2.71. The summed E-state index contributed by atoms with van der Waals surface area (Å²) in [6.07, 6.45) is -9.11. The van der Waals surface area contributed by atoms with Crippen molar-refractivity contribution in [2.45, 2.75) is 12.4 Å². The van der Waals surface area contributed by atoms with Crippen molar-refractivity contribution in [3.8, 4) is 0 Å². The third kappa shape index (κ3) is 6.23. The Labute approximate surface area is 123 Å². The van der Waals surface area contributed by atoms with Gasteiger partial charge in [-0.15, -0.1) is 0 Å². The minimum Gasteiger partial charge on any atom is -0.375 e. The van der Waals surface area contributed by atoms with Crippen LogP contribution >= 0.6 is 15.9 Å². The Hall–Kier alpha value is -1.45. The fraction of sp³-hybridized carbons (Fsp3) is 0.364. The molecule has 0 aliphatic heterocycles. The van der Waals surface area contributed by atoms with Gasteiger partial charge >= 0.3 is 12.4 Å². The second-order valence-electron chi connectivity index (χ2n) is 3.94. The predicted molar refractivity (Wildman–Crippen MR) is 66.7 cm³/mol. The van der Waals surface area contributed by atoms with E-state index in [2.05, 4.69) is 21.2 Å². The Kier molecular flexibility index (Phi) is 5.48. The van der Waals surface area contributed by atoms with E-state index in [1.165, 1.54) is 0 Å². The highest BCUT2D eigenvalue weighted by molar-refractivity contribution is 9.10. The zero-order chi connectivity index (χ0) is 16.3. The highest BCUT2D eigenvalue weighted by Crippen LogP contribution is 2.33. The first-order chi connectivity index (χ1) is 9.49. The second kappa shape index (κ2) is 6.54. The van der Waals surface area contributed by atoms with E-state index < -0.39 is 36.9 Å². The number of carbonyl (C=O) groups is 1.